The van der Waals surface area contributed by atoms with Crippen molar-refractivity contribution in [3.05, 3.63) is 89.6 Å². The Bertz CT molecular complexity index is 793. The third-order valence-electron chi connectivity index (χ3n) is 5.70. The van der Waals surface area contributed by atoms with Crippen molar-refractivity contribution in [3.8, 4) is 5.75 Å². The van der Waals surface area contributed by atoms with Gasteiger partial charge in [0.2, 0.25) is 0 Å². The molecular formula is C24H27NO. The first-order valence-corrected chi connectivity index (χ1v) is 9.78. The molecule has 0 heterocycles. The van der Waals surface area contributed by atoms with Crippen LogP contribution in [0, 0.1) is 0 Å². The van der Waals surface area contributed by atoms with Gasteiger partial charge in [0, 0.05) is 23.1 Å². The average molecular weight is 345 g/mol. The lowest BCUT2D eigenvalue weighted by atomic mass is 9.82. The van der Waals surface area contributed by atoms with Crippen LogP contribution in [-0.4, -0.2) is 11.1 Å². The lowest BCUT2D eigenvalue weighted by molar-refractivity contribution is 0.453. The van der Waals surface area contributed by atoms with Crippen molar-refractivity contribution < 1.29 is 5.11 Å². The molecule has 0 saturated carbocycles. The van der Waals surface area contributed by atoms with E-state index in [1.165, 1.54) is 17.7 Å². The maximum Gasteiger partial charge on any atom is 0.119 e. The molecule has 2 aliphatic carbocycles. The number of rotatable bonds is 4. The molecule has 0 fully saturated rings. The molecule has 0 amide bonds. The van der Waals surface area contributed by atoms with Crippen LogP contribution >= 0.6 is 0 Å². The monoisotopic (exact) mass is 345 g/mol. The topological polar surface area (TPSA) is 32.3 Å². The first-order valence-electron chi connectivity index (χ1n) is 9.78. The number of hydrogen-bond donors (Lipinski definition) is 2. The Labute approximate surface area is 156 Å². The predicted octanol–water partition coefficient (Wildman–Crippen LogP) is 5.64. The quantitative estimate of drug-likeness (QED) is 0.703. The van der Waals surface area contributed by atoms with Crippen LogP contribution in [0.3, 0.4) is 0 Å². The molecule has 134 valence electrons. The van der Waals surface area contributed by atoms with Crippen molar-refractivity contribution in [2.24, 2.45) is 0 Å². The van der Waals surface area contributed by atoms with E-state index in [-0.39, 0.29) is 0 Å². The van der Waals surface area contributed by atoms with Crippen LogP contribution in [-0.2, 0) is 0 Å². The zero-order valence-electron chi connectivity index (χ0n) is 15.1. The van der Waals surface area contributed by atoms with Gasteiger partial charge in [0.05, 0.1) is 6.04 Å². The van der Waals surface area contributed by atoms with Crippen molar-refractivity contribution in [1.82, 2.24) is 5.32 Å². The summed E-state index contributed by atoms with van der Waals surface area (Å²) in [4.78, 5) is 0. The van der Waals surface area contributed by atoms with E-state index in [4.69, 9.17) is 0 Å². The molecular weight excluding hydrogens is 318 g/mol. The molecule has 2 aromatic rings. The normalized spacial score (nSPS) is 25.5. The van der Waals surface area contributed by atoms with E-state index in [1.54, 1.807) is 6.07 Å². The van der Waals surface area contributed by atoms with Gasteiger partial charge in [-0.15, -0.1) is 0 Å². The summed E-state index contributed by atoms with van der Waals surface area (Å²) in [5, 5.41) is 14.0. The van der Waals surface area contributed by atoms with Crippen LogP contribution in [0.1, 0.15) is 55.1 Å². The second-order valence-corrected chi connectivity index (χ2v) is 7.44. The van der Waals surface area contributed by atoms with Gasteiger partial charge in [-0.3, -0.25) is 0 Å². The molecule has 3 unspecified atom stereocenters. The van der Waals surface area contributed by atoms with Crippen LogP contribution in [0.25, 0.3) is 0 Å². The Balaban J connectivity index is 1.54. The van der Waals surface area contributed by atoms with Gasteiger partial charge in [-0.2, -0.15) is 0 Å². The molecule has 2 aromatic carbocycles. The Kier molecular flexibility index (Phi) is 5.10. The molecule has 0 radical (unpaired) electrons. The molecule has 2 heteroatoms. The van der Waals surface area contributed by atoms with E-state index < -0.39 is 0 Å². The number of phenolic OH excluding ortho intramolecular Hbond substituents is 1. The highest BCUT2D eigenvalue weighted by molar-refractivity contribution is 5.38. The van der Waals surface area contributed by atoms with Crippen LogP contribution in [0.4, 0.5) is 0 Å². The number of allylic oxidation sites excluding steroid dienone is 3. The summed E-state index contributed by atoms with van der Waals surface area (Å²) >= 11 is 0. The number of phenols is 1. The molecule has 0 bridgehead atoms. The minimum atomic E-state index is 0.301. The first-order chi connectivity index (χ1) is 12.8. The largest absolute Gasteiger partial charge is 0.508 e. The highest BCUT2D eigenvalue weighted by Crippen LogP contribution is 2.36. The van der Waals surface area contributed by atoms with E-state index in [2.05, 4.69) is 53.9 Å². The third-order valence-corrected chi connectivity index (χ3v) is 5.70. The maximum absolute atomic E-state index is 10.2. The van der Waals surface area contributed by atoms with Crippen molar-refractivity contribution in [2.75, 3.05) is 0 Å². The third kappa shape index (κ3) is 3.70. The molecule has 3 atom stereocenters. The standard InChI is InChI=1S/C24H27NO/c26-24-16-7-5-14-22(24)19-11-8-12-20(17-19)25-23-15-6-4-13-21(23)18-9-2-1-3-10-18/h1-3,5-7,9-10,14-17,19,21,23,25-26H,4,8,11-13H2. The van der Waals surface area contributed by atoms with E-state index in [0.29, 0.717) is 23.6 Å². The highest BCUT2D eigenvalue weighted by Gasteiger charge is 2.25. The van der Waals surface area contributed by atoms with E-state index in [9.17, 15) is 5.11 Å². The zero-order valence-corrected chi connectivity index (χ0v) is 15.1. The summed E-state index contributed by atoms with van der Waals surface area (Å²) in [6.07, 6.45) is 12.7. The summed E-state index contributed by atoms with van der Waals surface area (Å²) in [5.74, 6) is 1.23. The second kappa shape index (κ2) is 7.82. The lowest BCUT2D eigenvalue weighted by Gasteiger charge is -2.32. The summed E-state index contributed by atoms with van der Waals surface area (Å²) in [6.45, 7) is 0. The Hall–Kier alpha value is -2.48. The smallest absolute Gasteiger partial charge is 0.119 e. The number of para-hydroxylation sites is 1. The van der Waals surface area contributed by atoms with Crippen LogP contribution < -0.4 is 5.32 Å². The number of benzene rings is 2. The van der Waals surface area contributed by atoms with Crippen LogP contribution in [0.5, 0.6) is 5.75 Å². The average Bonchev–Trinajstić information content (AvgIpc) is 2.70. The van der Waals surface area contributed by atoms with Crippen molar-refractivity contribution in [3.63, 3.8) is 0 Å². The Morgan fingerprint density at radius 2 is 1.73 bits per heavy atom. The van der Waals surface area contributed by atoms with Crippen molar-refractivity contribution in [1.29, 1.82) is 0 Å². The van der Waals surface area contributed by atoms with Crippen molar-refractivity contribution >= 4 is 0 Å². The molecule has 2 aliphatic rings. The van der Waals surface area contributed by atoms with Gasteiger partial charge in [0.1, 0.15) is 5.75 Å². The molecule has 2 N–H and O–H groups in total. The second-order valence-electron chi connectivity index (χ2n) is 7.44. The van der Waals surface area contributed by atoms with E-state index in [1.807, 2.05) is 18.2 Å². The Morgan fingerprint density at radius 1 is 0.923 bits per heavy atom. The summed E-state index contributed by atoms with van der Waals surface area (Å²) in [5.41, 5.74) is 3.79. The highest BCUT2D eigenvalue weighted by atomic mass is 16.3. The van der Waals surface area contributed by atoms with Gasteiger partial charge in [-0.25, -0.2) is 0 Å². The fourth-order valence-corrected chi connectivity index (χ4v) is 4.36. The predicted molar refractivity (Wildman–Crippen MR) is 107 cm³/mol. The molecule has 0 saturated heterocycles. The van der Waals surface area contributed by atoms with Gasteiger partial charge in [0.25, 0.3) is 0 Å². The zero-order chi connectivity index (χ0) is 17.8. The van der Waals surface area contributed by atoms with Gasteiger partial charge < -0.3 is 10.4 Å². The van der Waals surface area contributed by atoms with Gasteiger partial charge >= 0.3 is 0 Å². The fraction of sp³-hybridized carbons (Fsp3) is 0.333. The summed E-state index contributed by atoms with van der Waals surface area (Å²) < 4.78 is 0. The minimum Gasteiger partial charge on any atom is -0.508 e. The van der Waals surface area contributed by atoms with E-state index >= 15 is 0 Å². The molecule has 4 rings (SSSR count). The van der Waals surface area contributed by atoms with Crippen molar-refractivity contribution in [2.45, 2.75) is 50.0 Å². The first kappa shape index (κ1) is 17.0. The van der Waals surface area contributed by atoms with Gasteiger partial charge in [-0.1, -0.05) is 66.8 Å². The molecule has 2 nitrogen and oxygen atoms in total. The molecule has 0 aliphatic heterocycles. The minimum absolute atomic E-state index is 0.301. The Morgan fingerprint density at radius 3 is 2.58 bits per heavy atom. The number of aromatic hydroxyl groups is 1. The van der Waals surface area contributed by atoms with Crippen LogP contribution in [0.15, 0.2) is 78.5 Å². The summed E-state index contributed by atoms with van der Waals surface area (Å²) in [7, 11) is 0. The lowest BCUT2D eigenvalue weighted by Crippen LogP contribution is -2.35. The number of nitrogens with one attached hydrogen (secondary N) is 1. The van der Waals surface area contributed by atoms with Gasteiger partial charge in [0.15, 0.2) is 0 Å². The number of hydrogen-bond acceptors (Lipinski definition) is 2. The molecule has 0 aromatic heterocycles. The van der Waals surface area contributed by atoms with E-state index in [0.717, 1.165) is 31.2 Å². The fourth-order valence-electron chi connectivity index (χ4n) is 4.36. The SMILES string of the molecule is Oc1ccccc1C1C=C(NC2C=CCCC2c2ccccc2)CCC1. The van der Waals surface area contributed by atoms with Gasteiger partial charge in [-0.05, 0) is 43.7 Å². The molecule has 0 spiro atoms. The molecule has 26 heavy (non-hydrogen) atoms. The van der Waals surface area contributed by atoms with Crippen LogP contribution in [0.2, 0.25) is 0 Å². The maximum atomic E-state index is 10.2. The summed E-state index contributed by atoms with van der Waals surface area (Å²) in [6, 6.07) is 19.0.